The standard InChI is InChI=1S/C6H16N2.C6H13N/c7-5-3-1-2-4-6-8;7-6-4-2-1-3-5-6/h1-8H2;6H,1-5,7H2. The molecule has 3 heteroatoms. The van der Waals surface area contributed by atoms with Gasteiger partial charge in [-0.2, -0.15) is 0 Å². The molecular weight excluding hydrogens is 186 g/mol. The van der Waals surface area contributed by atoms with E-state index in [2.05, 4.69) is 0 Å². The van der Waals surface area contributed by atoms with Crippen molar-refractivity contribution in [1.82, 2.24) is 0 Å². The number of hydrogen-bond donors (Lipinski definition) is 3. The smallest absolute Gasteiger partial charge is 0.00388 e. The van der Waals surface area contributed by atoms with Gasteiger partial charge in [-0.15, -0.1) is 0 Å². The highest BCUT2D eigenvalue weighted by atomic mass is 14.6. The van der Waals surface area contributed by atoms with Gasteiger partial charge in [0, 0.05) is 6.04 Å². The summed E-state index contributed by atoms with van der Waals surface area (Å²) in [5, 5.41) is 0. The van der Waals surface area contributed by atoms with Crippen LogP contribution < -0.4 is 17.2 Å². The minimum atomic E-state index is 0.536. The van der Waals surface area contributed by atoms with Crippen molar-refractivity contribution in [3.05, 3.63) is 0 Å². The summed E-state index contributed by atoms with van der Waals surface area (Å²) in [6.45, 7) is 1.65. The van der Waals surface area contributed by atoms with Crippen LogP contribution in [0.2, 0.25) is 0 Å². The van der Waals surface area contributed by atoms with Gasteiger partial charge in [0.1, 0.15) is 0 Å². The molecule has 15 heavy (non-hydrogen) atoms. The van der Waals surface area contributed by atoms with Crippen LogP contribution in [-0.2, 0) is 0 Å². The van der Waals surface area contributed by atoms with Crippen molar-refractivity contribution in [3.8, 4) is 0 Å². The van der Waals surface area contributed by atoms with Crippen LogP contribution in [0.4, 0.5) is 0 Å². The third kappa shape index (κ3) is 11.8. The Bertz CT molecular complexity index is 105. The Kier molecular flexibility index (Phi) is 11.9. The van der Waals surface area contributed by atoms with Gasteiger partial charge in [0.05, 0.1) is 0 Å². The average Bonchev–Trinajstić information content (AvgIpc) is 2.27. The summed E-state index contributed by atoms with van der Waals surface area (Å²) < 4.78 is 0. The van der Waals surface area contributed by atoms with E-state index in [0.29, 0.717) is 6.04 Å². The zero-order valence-electron chi connectivity index (χ0n) is 10.1. The quantitative estimate of drug-likeness (QED) is 0.611. The molecule has 0 amide bonds. The first-order valence-electron chi connectivity index (χ1n) is 6.47. The predicted octanol–water partition coefficient (Wildman–Crippen LogP) is 1.74. The fourth-order valence-electron chi connectivity index (χ4n) is 1.78. The molecule has 0 heterocycles. The minimum absolute atomic E-state index is 0.536. The zero-order chi connectivity index (χ0) is 11.4. The molecule has 0 aromatic heterocycles. The molecule has 0 aliphatic heterocycles. The number of rotatable bonds is 5. The average molecular weight is 215 g/mol. The maximum Gasteiger partial charge on any atom is 0.00388 e. The first-order chi connectivity index (χ1) is 7.31. The van der Waals surface area contributed by atoms with Gasteiger partial charge in [-0.1, -0.05) is 32.1 Å². The van der Waals surface area contributed by atoms with Crippen molar-refractivity contribution < 1.29 is 0 Å². The van der Waals surface area contributed by atoms with Gasteiger partial charge in [0.2, 0.25) is 0 Å². The van der Waals surface area contributed by atoms with Gasteiger partial charge >= 0.3 is 0 Å². The van der Waals surface area contributed by atoms with E-state index < -0.39 is 0 Å². The Hall–Kier alpha value is -0.120. The van der Waals surface area contributed by atoms with Gasteiger partial charge in [-0.05, 0) is 38.8 Å². The lowest BCUT2D eigenvalue weighted by molar-refractivity contribution is 0.441. The highest BCUT2D eigenvalue weighted by molar-refractivity contribution is 4.66. The second-order valence-corrected chi connectivity index (χ2v) is 4.39. The molecule has 0 spiro atoms. The third-order valence-electron chi connectivity index (χ3n) is 2.81. The molecule has 6 N–H and O–H groups in total. The molecule has 0 radical (unpaired) electrons. The summed E-state index contributed by atoms with van der Waals surface area (Å²) >= 11 is 0. The largest absolute Gasteiger partial charge is 0.330 e. The SMILES string of the molecule is NC1CCCCC1.NCCCCCCN. The minimum Gasteiger partial charge on any atom is -0.330 e. The molecule has 92 valence electrons. The zero-order valence-corrected chi connectivity index (χ0v) is 10.1. The van der Waals surface area contributed by atoms with E-state index in [0.717, 1.165) is 25.9 Å². The molecule has 1 fully saturated rings. The summed E-state index contributed by atoms with van der Waals surface area (Å²) in [6, 6.07) is 0.536. The molecule has 0 atom stereocenters. The van der Waals surface area contributed by atoms with Crippen molar-refractivity contribution in [1.29, 1.82) is 0 Å². The summed E-state index contributed by atoms with van der Waals surface area (Å²) in [6.07, 6.45) is 11.5. The molecular formula is C12H29N3. The van der Waals surface area contributed by atoms with E-state index in [1.54, 1.807) is 0 Å². The monoisotopic (exact) mass is 215 g/mol. The van der Waals surface area contributed by atoms with Crippen molar-refractivity contribution in [2.75, 3.05) is 13.1 Å². The maximum atomic E-state index is 5.63. The van der Waals surface area contributed by atoms with Crippen molar-refractivity contribution in [3.63, 3.8) is 0 Å². The van der Waals surface area contributed by atoms with Crippen LogP contribution in [0.15, 0.2) is 0 Å². The summed E-state index contributed by atoms with van der Waals surface area (Å²) in [4.78, 5) is 0. The van der Waals surface area contributed by atoms with Crippen molar-refractivity contribution in [2.24, 2.45) is 17.2 Å². The number of nitrogens with two attached hydrogens (primary N) is 3. The molecule has 1 aliphatic rings. The first kappa shape index (κ1) is 14.9. The van der Waals surface area contributed by atoms with Gasteiger partial charge in [0.25, 0.3) is 0 Å². The Balaban J connectivity index is 0.000000262. The lowest BCUT2D eigenvalue weighted by atomic mass is 9.97. The number of hydrogen-bond acceptors (Lipinski definition) is 3. The summed E-state index contributed by atoms with van der Waals surface area (Å²) in [5.74, 6) is 0. The molecule has 3 nitrogen and oxygen atoms in total. The van der Waals surface area contributed by atoms with Crippen LogP contribution in [0.25, 0.3) is 0 Å². The summed E-state index contributed by atoms with van der Waals surface area (Å²) in [7, 11) is 0. The predicted molar refractivity (Wildman–Crippen MR) is 67.6 cm³/mol. The number of unbranched alkanes of at least 4 members (excludes halogenated alkanes) is 3. The van der Waals surface area contributed by atoms with Crippen LogP contribution in [-0.4, -0.2) is 19.1 Å². The van der Waals surface area contributed by atoms with E-state index in [1.165, 1.54) is 44.9 Å². The van der Waals surface area contributed by atoms with Gasteiger partial charge < -0.3 is 17.2 Å². The normalized spacial score (nSPS) is 17.0. The molecule has 0 saturated heterocycles. The van der Waals surface area contributed by atoms with E-state index in [4.69, 9.17) is 17.2 Å². The highest BCUT2D eigenvalue weighted by Gasteiger charge is 2.06. The fourth-order valence-corrected chi connectivity index (χ4v) is 1.78. The van der Waals surface area contributed by atoms with Crippen LogP contribution in [0.3, 0.4) is 0 Å². The van der Waals surface area contributed by atoms with Gasteiger partial charge in [-0.25, -0.2) is 0 Å². The molecule has 0 aromatic rings. The Morgan fingerprint density at radius 3 is 1.47 bits per heavy atom. The second-order valence-electron chi connectivity index (χ2n) is 4.39. The van der Waals surface area contributed by atoms with Crippen LogP contribution in [0.5, 0.6) is 0 Å². The van der Waals surface area contributed by atoms with Crippen LogP contribution in [0.1, 0.15) is 57.8 Å². The van der Waals surface area contributed by atoms with E-state index in [9.17, 15) is 0 Å². The second kappa shape index (κ2) is 12.0. The lowest BCUT2D eigenvalue weighted by Gasteiger charge is -2.15. The Morgan fingerprint density at radius 1 is 0.733 bits per heavy atom. The lowest BCUT2D eigenvalue weighted by Crippen LogP contribution is -2.22. The van der Waals surface area contributed by atoms with Crippen LogP contribution in [0, 0.1) is 0 Å². The fraction of sp³-hybridized carbons (Fsp3) is 1.00. The Morgan fingerprint density at radius 2 is 1.20 bits per heavy atom. The van der Waals surface area contributed by atoms with Crippen molar-refractivity contribution >= 4 is 0 Å². The topological polar surface area (TPSA) is 78.1 Å². The maximum absolute atomic E-state index is 5.63. The molecule has 1 rings (SSSR count). The Labute approximate surface area is 94.8 Å². The van der Waals surface area contributed by atoms with Gasteiger partial charge in [0.15, 0.2) is 0 Å². The molecule has 0 aromatic carbocycles. The molecule has 0 bridgehead atoms. The van der Waals surface area contributed by atoms with Crippen molar-refractivity contribution in [2.45, 2.75) is 63.8 Å². The molecule has 1 saturated carbocycles. The molecule has 0 unspecified atom stereocenters. The first-order valence-corrected chi connectivity index (χ1v) is 6.47. The van der Waals surface area contributed by atoms with Gasteiger partial charge in [-0.3, -0.25) is 0 Å². The third-order valence-corrected chi connectivity index (χ3v) is 2.81. The van der Waals surface area contributed by atoms with E-state index in [1.807, 2.05) is 0 Å². The van der Waals surface area contributed by atoms with E-state index >= 15 is 0 Å². The summed E-state index contributed by atoms with van der Waals surface area (Å²) in [5.41, 5.74) is 16.2. The van der Waals surface area contributed by atoms with Crippen LogP contribution >= 0.6 is 0 Å². The van der Waals surface area contributed by atoms with E-state index in [-0.39, 0.29) is 0 Å². The highest BCUT2D eigenvalue weighted by Crippen LogP contribution is 2.14. The molecule has 1 aliphatic carbocycles.